The highest BCUT2D eigenvalue weighted by Crippen LogP contribution is 2.18. The molecule has 21 heavy (non-hydrogen) atoms. The van der Waals surface area contributed by atoms with Crippen LogP contribution < -0.4 is 16.4 Å². The van der Waals surface area contributed by atoms with Gasteiger partial charge in [0.2, 0.25) is 5.76 Å². The number of H-pyrrole nitrogens is 2. The Labute approximate surface area is 117 Å². The van der Waals surface area contributed by atoms with Crippen molar-refractivity contribution in [1.82, 2.24) is 10.2 Å². The lowest BCUT2D eigenvalue weighted by Crippen LogP contribution is -2.20. The number of nitrogens with zero attached hydrogens (tertiary/aromatic N) is 1. The maximum Gasteiger partial charge on any atom is 0.272 e. The average Bonchev–Trinajstić information content (AvgIpc) is 2.97. The second-order valence-corrected chi connectivity index (χ2v) is 4.37. The van der Waals surface area contributed by atoms with Gasteiger partial charge in [-0.2, -0.15) is 5.26 Å². The molecule has 0 fully saturated rings. The minimum Gasteiger partial charge on any atom is -0.449 e. The van der Waals surface area contributed by atoms with Crippen LogP contribution >= 0.6 is 0 Å². The highest BCUT2D eigenvalue weighted by molar-refractivity contribution is 5.92. The van der Waals surface area contributed by atoms with Gasteiger partial charge in [0.15, 0.2) is 0 Å². The molecular weight excluding hydrogens is 272 g/mol. The Morgan fingerprint density at radius 3 is 2.71 bits per heavy atom. The Bertz CT molecular complexity index is 958. The summed E-state index contributed by atoms with van der Waals surface area (Å²) in [5, 5.41) is 16.9. The van der Waals surface area contributed by atoms with E-state index in [0.717, 1.165) is 0 Å². The van der Waals surface area contributed by atoms with Gasteiger partial charge in [0.1, 0.15) is 11.8 Å². The highest BCUT2D eigenvalue weighted by Gasteiger charge is 2.08. The van der Waals surface area contributed by atoms with Crippen LogP contribution in [0.4, 0.5) is 5.69 Å². The zero-order valence-corrected chi connectivity index (χ0v) is 10.8. The topological polar surface area (TPSA) is 115 Å². The lowest BCUT2D eigenvalue weighted by atomic mass is 10.1. The molecule has 0 spiro atoms. The van der Waals surface area contributed by atoms with E-state index in [0.29, 0.717) is 23.4 Å². The van der Waals surface area contributed by atoms with E-state index in [1.54, 1.807) is 30.3 Å². The van der Waals surface area contributed by atoms with Crippen molar-refractivity contribution in [2.45, 2.75) is 6.54 Å². The number of hydrogen-bond acceptors (Lipinski definition) is 5. The van der Waals surface area contributed by atoms with E-state index < -0.39 is 0 Å². The van der Waals surface area contributed by atoms with Gasteiger partial charge >= 0.3 is 0 Å². The van der Waals surface area contributed by atoms with Gasteiger partial charge in [-0.05, 0) is 24.3 Å². The third-order valence-corrected chi connectivity index (χ3v) is 3.05. The normalized spacial score (nSPS) is 10.4. The first kappa shape index (κ1) is 12.7. The maximum atomic E-state index is 11.9. The first-order chi connectivity index (χ1) is 10.2. The molecule has 0 aliphatic rings. The first-order valence-electron chi connectivity index (χ1n) is 6.15. The van der Waals surface area contributed by atoms with E-state index in [1.165, 1.54) is 0 Å². The van der Waals surface area contributed by atoms with Crippen molar-refractivity contribution in [1.29, 1.82) is 5.26 Å². The monoisotopic (exact) mass is 282 g/mol. The molecule has 1 aromatic carbocycles. The molecule has 3 aromatic rings. The maximum absolute atomic E-state index is 11.9. The molecule has 0 saturated heterocycles. The van der Waals surface area contributed by atoms with Crippen LogP contribution in [-0.4, -0.2) is 10.2 Å². The molecule has 0 aliphatic carbocycles. The van der Waals surface area contributed by atoms with E-state index in [4.69, 9.17) is 9.68 Å². The number of nitrogens with one attached hydrogen (secondary N) is 3. The van der Waals surface area contributed by atoms with E-state index >= 15 is 0 Å². The molecule has 0 unspecified atom stereocenters. The van der Waals surface area contributed by atoms with Crippen LogP contribution in [0.5, 0.6) is 0 Å². The van der Waals surface area contributed by atoms with Crippen LogP contribution in [0.3, 0.4) is 0 Å². The van der Waals surface area contributed by atoms with Crippen molar-refractivity contribution in [3.8, 4) is 6.07 Å². The Balaban J connectivity index is 1.98. The van der Waals surface area contributed by atoms with Gasteiger partial charge in [0.05, 0.1) is 17.3 Å². The number of rotatable bonds is 3. The minimum absolute atomic E-state index is 0.221. The van der Waals surface area contributed by atoms with Crippen molar-refractivity contribution >= 4 is 16.5 Å². The summed E-state index contributed by atoms with van der Waals surface area (Å²) in [7, 11) is 0. The third kappa shape index (κ3) is 2.30. The van der Waals surface area contributed by atoms with E-state index in [1.807, 2.05) is 6.07 Å². The fourth-order valence-corrected chi connectivity index (χ4v) is 2.09. The Hall–Kier alpha value is -3.27. The van der Waals surface area contributed by atoms with Crippen LogP contribution in [0.2, 0.25) is 0 Å². The number of hydrogen-bond donors (Lipinski definition) is 3. The second-order valence-electron chi connectivity index (χ2n) is 4.37. The Kier molecular flexibility index (Phi) is 3.04. The van der Waals surface area contributed by atoms with Gasteiger partial charge < -0.3 is 9.73 Å². The quantitative estimate of drug-likeness (QED) is 0.669. The number of furan rings is 1. The summed E-state index contributed by atoms with van der Waals surface area (Å²) in [4.78, 5) is 23.6. The average molecular weight is 282 g/mol. The molecular formula is C14H10N4O3. The molecule has 3 N–H and O–H groups in total. The van der Waals surface area contributed by atoms with Crippen molar-refractivity contribution in [3.05, 3.63) is 62.6 Å². The van der Waals surface area contributed by atoms with E-state index in [-0.39, 0.29) is 22.3 Å². The predicted octanol–water partition coefficient (Wildman–Crippen LogP) is 1.29. The standard InChI is InChI=1S/C14H10N4O3/c15-6-8-4-5-9(21-8)7-16-11-3-1-2-10-12(11)14(20)18-17-13(10)19/h1-5,16H,7H2,(H,17,19)(H,18,20). The van der Waals surface area contributed by atoms with Crippen LogP contribution in [0.15, 0.2) is 44.3 Å². The minimum atomic E-state index is -0.384. The Morgan fingerprint density at radius 2 is 1.95 bits per heavy atom. The summed E-state index contributed by atoms with van der Waals surface area (Å²) >= 11 is 0. The molecule has 0 bridgehead atoms. The number of anilines is 1. The van der Waals surface area contributed by atoms with Gasteiger partial charge in [-0.25, -0.2) is 0 Å². The lowest BCUT2D eigenvalue weighted by Gasteiger charge is -2.07. The molecule has 0 saturated carbocycles. The number of benzene rings is 1. The molecule has 0 radical (unpaired) electrons. The van der Waals surface area contributed by atoms with Crippen molar-refractivity contribution in [3.63, 3.8) is 0 Å². The Morgan fingerprint density at radius 1 is 1.14 bits per heavy atom. The van der Waals surface area contributed by atoms with Crippen LogP contribution in [0, 0.1) is 11.3 Å². The SMILES string of the molecule is N#Cc1ccc(CNc2cccc3c(=O)[nH][nH]c(=O)c23)o1. The number of nitriles is 1. The summed E-state index contributed by atoms with van der Waals surface area (Å²) in [6.07, 6.45) is 0. The second kappa shape index (κ2) is 5.02. The summed E-state index contributed by atoms with van der Waals surface area (Å²) < 4.78 is 5.24. The highest BCUT2D eigenvalue weighted by atomic mass is 16.3. The lowest BCUT2D eigenvalue weighted by molar-refractivity contribution is 0.506. The molecule has 2 heterocycles. The molecule has 3 rings (SSSR count). The molecule has 104 valence electrons. The van der Waals surface area contributed by atoms with Crippen LogP contribution in [-0.2, 0) is 6.54 Å². The zero-order valence-electron chi connectivity index (χ0n) is 10.8. The summed E-state index contributed by atoms with van der Waals surface area (Å²) in [5.74, 6) is 0.781. The van der Waals surface area contributed by atoms with Gasteiger partial charge in [-0.3, -0.25) is 19.8 Å². The molecule has 0 amide bonds. The van der Waals surface area contributed by atoms with Crippen molar-refractivity contribution in [2.75, 3.05) is 5.32 Å². The largest absolute Gasteiger partial charge is 0.449 e. The van der Waals surface area contributed by atoms with Gasteiger partial charge in [-0.15, -0.1) is 0 Å². The van der Waals surface area contributed by atoms with Crippen LogP contribution in [0.25, 0.3) is 10.8 Å². The fraction of sp³-hybridized carbons (Fsp3) is 0.0714. The van der Waals surface area contributed by atoms with Crippen LogP contribution in [0.1, 0.15) is 11.5 Å². The predicted molar refractivity (Wildman–Crippen MR) is 75.9 cm³/mol. The number of aromatic amines is 2. The number of aromatic nitrogens is 2. The summed E-state index contributed by atoms with van der Waals surface area (Å²) in [5.41, 5.74) is -0.224. The van der Waals surface area contributed by atoms with Crippen molar-refractivity contribution in [2.24, 2.45) is 0 Å². The molecule has 0 atom stereocenters. The third-order valence-electron chi connectivity index (χ3n) is 3.05. The smallest absolute Gasteiger partial charge is 0.272 e. The summed E-state index contributed by atoms with van der Waals surface area (Å²) in [6, 6.07) is 10.1. The first-order valence-corrected chi connectivity index (χ1v) is 6.15. The van der Waals surface area contributed by atoms with Gasteiger partial charge in [0, 0.05) is 5.69 Å². The molecule has 2 aromatic heterocycles. The number of fused-ring (bicyclic) bond motifs is 1. The van der Waals surface area contributed by atoms with E-state index in [2.05, 4.69) is 15.5 Å². The molecule has 7 heteroatoms. The fourth-order valence-electron chi connectivity index (χ4n) is 2.09. The molecule has 7 nitrogen and oxygen atoms in total. The van der Waals surface area contributed by atoms with Crippen molar-refractivity contribution < 1.29 is 4.42 Å². The molecule has 0 aliphatic heterocycles. The van der Waals surface area contributed by atoms with E-state index in [9.17, 15) is 9.59 Å². The summed E-state index contributed by atoms with van der Waals surface area (Å²) in [6.45, 7) is 0.299. The van der Waals surface area contributed by atoms with Gasteiger partial charge in [0.25, 0.3) is 11.1 Å². The zero-order chi connectivity index (χ0) is 14.8. The van der Waals surface area contributed by atoms with Gasteiger partial charge in [-0.1, -0.05) is 6.07 Å².